The summed E-state index contributed by atoms with van der Waals surface area (Å²) in [4.78, 5) is 11.6. The van der Waals surface area contributed by atoms with Crippen LogP contribution in [0.4, 0.5) is 4.39 Å². The van der Waals surface area contributed by atoms with Crippen molar-refractivity contribution in [1.82, 2.24) is 5.32 Å². The van der Waals surface area contributed by atoms with E-state index in [9.17, 15) is 9.18 Å². The maximum absolute atomic E-state index is 13.2. The number of hydrogen-bond donors (Lipinski definition) is 1. The average Bonchev–Trinajstić information content (AvgIpc) is 2.20. The fourth-order valence-electron chi connectivity index (χ4n) is 1.63. The van der Waals surface area contributed by atoms with Crippen molar-refractivity contribution in [2.75, 3.05) is 6.54 Å². The summed E-state index contributed by atoms with van der Waals surface area (Å²) in [6, 6.07) is 0. The van der Waals surface area contributed by atoms with Crippen molar-refractivity contribution in [2.24, 2.45) is 5.92 Å². The summed E-state index contributed by atoms with van der Waals surface area (Å²) >= 11 is 5.95. The highest BCUT2D eigenvalue weighted by Gasteiger charge is 2.35. The van der Waals surface area contributed by atoms with Crippen LogP contribution in [0.25, 0.3) is 0 Å². The second-order valence-electron chi connectivity index (χ2n) is 3.72. The first-order valence-corrected chi connectivity index (χ1v) is 5.34. The van der Waals surface area contributed by atoms with Crippen LogP contribution in [0.2, 0.25) is 0 Å². The predicted octanol–water partition coefficient (Wildman–Crippen LogP) is 2.20. The van der Waals surface area contributed by atoms with E-state index in [1.54, 1.807) is 6.08 Å². The number of amides is 1. The second kappa shape index (κ2) is 5.31. The van der Waals surface area contributed by atoms with Crippen LogP contribution in [0.5, 0.6) is 0 Å². The molecule has 1 amide bonds. The Morgan fingerprint density at radius 2 is 2.40 bits per heavy atom. The number of carbonyl (C=O) groups is 1. The molecule has 0 aromatic rings. The summed E-state index contributed by atoms with van der Waals surface area (Å²) in [5, 5.41) is 2.21. The maximum Gasteiger partial charge on any atom is 0.225 e. The zero-order valence-electron chi connectivity index (χ0n) is 8.51. The van der Waals surface area contributed by atoms with Crippen molar-refractivity contribution in [2.45, 2.75) is 24.4 Å². The molecule has 4 heteroatoms. The molecule has 3 unspecified atom stereocenters. The molecule has 1 rings (SSSR count). The molecular weight excluding hydrogens is 217 g/mol. The fraction of sp³-hybridized carbons (Fsp3) is 0.545. The minimum absolute atomic E-state index is 0.150. The first-order valence-electron chi connectivity index (χ1n) is 4.90. The van der Waals surface area contributed by atoms with E-state index in [2.05, 4.69) is 18.5 Å². The van der Waals surface area contributed by atoms with Crippen LogP contribution < -0.4 is 5.32 Å². The molecule has 1 N–H and O–H groups in total. The highest BCUT2D eigenvalue weighted by atomic mass is 35.5. The average molecular weight is 232 g/mol. The van der Waals surface area contributed by atoms with E-state index in [4.69, 9.17) is 11.6 Å². The van der Waals surface area contributed by atoms with Gasteiger partial charge in [0, 0.05) is 11.9 Å². The Kier molecular flexibility index (Phi) is 4.33. The molecule has 0 bridgehead atoms. The van der Waals surface area contributed by atoms with Crippen LogP contribution in [0.3, 0.4) is 0 Å². The van der Waals surface area contributed by atoms with Crippen molar-refractivity contribution in [3.05, 3.63) is 24.8 Å². The van der Waals surface area contributed by atoms with Crippen molar-refractivity contribution in [3.8, 4) is 0 Å². The highest BCUT2D eigenvalue weighted by molar-refractivity contribution is 6.22. The van der Waals surface area contributed by atoms with Crippen LogP contribution in [-0.4, -0.2) is 24.0 Å². The van der Waals surface area contributed by atoms with E-state index < -0.39 is 11.5 Å². The summed E-state index contributed by atoms with van der Waals surface area (Å²) in [5.41, 5.74) is 0.464. The molecule has 2 nitrogen and oxygen atoms in total. The SMILES string of the molecule is C=CCNC(=O)C1CC(=C)C(F)CC1Cl. The van der Waals surface area contributed by atoms with Gasteiger partial charge in [-0.3, -0.25) is 4.79 Å². The van der Waals surface area contributed by atoms with Gasteiger partial charge in [0.15, 0.2) is 0 Å². The zero-order valence-corrected chi connectivity index (χ0v) is 9.27. The predicted molar refractivity (Wildman–Crippen MR) is 59.6 cm³/mol. The lowest BCUT2D eigenvalue weighted by Crippen LogP contribution is -2.40. The third-order valence-electron chi connectivity index (χ3n) is 2.55. The van der Waals surface area contributed by atoms with E-state index >= 15 is 0 Å². The van der Waals surface area contributed by atoms with Crippen molar-refractivity contribution in [1.29, 1.82) is 0 Å². The number of alkyl halides is 2. The van der Waals surface area contributed by atoms with Gasteiger partial charge in [-0.1, -0.05) is 12.7 Å². The largest absolute Gasteiger partial charge is 0.352 e. The quantitative estimate of drug-likeness (QED) is 0.586. The Balaban J connectivity index is 2.57. The molecule has 1 saturated carbocycles. The Morgan fingerprint density at radius 3 is 3.00 bits per heavy atom. The van der Waals surface area contributed by atoms with Crippen LogP contribution in [-0.2, 0) is 4.79 Å². The Hall–Kier alpha value is -0.830. The summed E-state index contributed by atoms with van der Waals surface area (Å²) in [6.45, 7) is 7.51. The molecule has 1 aliphatic carbocycles. The van der Waals surface area contributed by atoms with Crippen LogP contribution in [0.15, 0.2) is 24.8 Å². The lowest BCUT2D eigenvalue weighted by atomic mass is 9.84. The number of halogens is 2. The molecule has 3 atom stereocenters. The monoisotopic (exact) mass is 231 g/mol. The van der Waals surface area contributed by atoms with Gasteiger partial charge >= 0.3 is 0 Å². The van der Waals surface area contributed by atoms with Crippen LogP contribution in [0, 0.1) is 5.92 Å². The highest BCUT2D eigenvalue weighted by Crippen LogP contribution is 2.33. The first kappa shape index (κ1) is 12.2. The molecule has 0 saturated heterocycles. The van der Waals surface area contributed by atoms with E-state index in [0.717, 1.165) is 0 Å². The molecule has 0 aromatic heterocycles. The molecule has 0 spiro atoms. The van der Waals surface area contributed by atoms with Crippen molar-refractivity contribution >= 4 is 17.5 Å². The lowest BCUT2D eigenvalue weighted by molar-refractivity contribution is -0.125. The summed E-state index contributed by atoms with van der Waals surface area (Å²) in [5.74, 6) is -0.519. The molecule has 0 aromatic carbocycles. The fourth-order valence-corrected chi connectivity index (χ4v) is 1.99. The second-order valence-corrected chi connectivity index (χ2v) is 4.28. The number of hydrogen-bond acceptors (Lipinski definition) is 1. The molecule has 0 aliphatic heterocycles. The normalized spacial score (nSPS) is 31.1. The van der Waals surface area contributed by atoms with Gasteiger partial charge in [0.1, 0.15) is 6.17 Å². The standard InChI is InChI=1S/C11H15ClFNO/c1-3-4-14-11(15)8-5-7(2)10(13)6-9(8)12/h3,8-10H,1-2,4-6H2,(H,14,15). The molecule has 15 heavy (non-hydrogen) atoms. The van der Waals surface area contributed by atoms with E-state index in [1.165, 1.54) is 0 Å². The first-order chi connectivity index (χ1) is 7.06. The van der Waals surface area contributed by atoms with Gasteiger partial charge < -0.3 is 5.32 Å². The zero-order chi connectivity index (χ0) is 11.4. The van der Waals surface area contributed by atoms with Gasteiger partial charge in [0.25, 0.3) is 0 Å². The van der Waals surface area contributed by atoms with E-state index in [0.29, 0.717) is 18.5 Å². The maximum atomic E-state index is 13.2. The van der Waals surface area contributed by atoms with Gasteiger partial charge in [-0.25, -0.2) is 4.39 Å². The lowest BCUT2D eigenvalue weighted by Gasteiger charge is -2.29. The van der Waals surface area contributed by atoms with Gasteiger partial charge in [0.05, 0.1) is 5.92 Å². The Morgan fingerprint density at radius 1 is 1.73 bits per heavy atom. The molecule has 1 fully saturated rings. The molecule has 0 radical (unpaired) electrons. The number of allylic oxidation sites excluding steroid dienone is 1. The topological polar surface area (TPSA) is 29.1 Å². The van der Waals surface area contributed by atoms with Crippen LogP contribution >= 0.6 is 11.6 Å². The minimum atomic E-state index is -1.07. The van der Waals surface area contributed by atoms with E-state index in [-0.39, 0.29) is 18.2 Å². The molecule has 84 valence electrons. The van der Waals surface area contributed by atoms with Crippen molar-refractivity contribution in [3.63, 3.8) is 0 Å². The summed E-state index contributed by atoms with van der Waals surface area (Å²) in [6.07, 6.45) is 1.03. The minimum Gasteiger partial charge on any atom is -0.352 e. The van der Waals surface area contributed by atoms with Gasteiger partial charge in [0.2, 0.25) is 5.91 Å². The van der Waals surface area contributed by atoms with Crippen molar-refractivity contribution < 1.29 is 9.18 Å². The third kappa shape index (κ3) is 3.06. The molecular formula is C11H15ClFNO. The summed E-state index contributed by atoms with van der Waals surface area (Å²) < 4.78 is 13.2. The molecule has 1 aliphatic rings. The number of nitrogens with one attached hydrogen (secondary N) is 1. The Bertz CT molecular complexity index is 280. The van der Waals surface area contributed by atoms with Gasteiger partial charge in [-0.2, -0.15) is 0 Å². The van der Waals surface area contributed by atoms with Gasteiger partial charge in [-0.15, -0.1) is 18.2 Å². The van der Waals surface area contributed by atoms with Crippen LogP contribution in [0.1, 0.15) is 12.8 Å². The van der Waals surface area contributed by atoms with E-state index in [1.807, 2.05) is 0 Å². The smallest absolute Gasteiger partial charge is 0.225 e. The van der Waals surface area contributed by atoms with Gasteiger partial charge in [-0.05, 0) is 18.4 Å². The molecule has 0 heterocycles. The number of rotatable bonds is 3. The summed E-state index contributed by atoms with van der Waals surface area (Å²) in [7, 11) is 0. The number of carbonyl (C=O) groups excluding carboxylic acids is 1. The third-order valence-corrected chi connectivity index (χ3v) is 3.03. The Labute approximate surface area is 94.2 Å².